The van der Waals surface area contributed by atoms with Crippen LogP contribution in [0.15, 0.2) is 35.8 Å². The van der Waals surface area contributed by atoms with Crippen LogP contribution in [0.5, 0.6) is 0 Å². The summed E-state index contributed by atoms with van der Waals surface area (Å²) >= 11 is 1.56. The molecule has 0 unspecified atom stereocenters. The summed E-state index contributed by atoms with van der Waals surface area (Å²) in [7, 11) is 3.57. The number of aromatic nitrogens is 3. The van der Waals surface area contributed by atoms with E-state index in [1.54, 1.807) is 24.6 Å². The Kier molecular flexibility index (Phi) is 6.03. The summed E-state index contributed by atoms with van der Waals surface area (Å²) in [6, 6.07) is 7.63. The molecule has 1 aromatic carbocycles. The van der Waals surface area contributed by atoms with Crippen molar-refractivity contribution < 1.29 is 9.53 Å². The molecule has 7 heteroatoms. The van der Waals surface area contributed by atoms with Gasteiger partial charge in [-0.3, -0.25) is 9.48 Å². The van der Waals surface area contributed by atoms with Gasteiger partial charge in [0.1, 0.15) is 5.01 Å². The first-order valence-electron chi connectivity index (χ1n) is 8.78. The molecule has 0 aliphatic rings. The molecule has 0 saturated heterocycles. The van der Waals surface area contributed by atoms with E-state index >= 15 is 0 Å². The molecule has 3 rings (SSSR count). The largest absolute Gasteiger partial charge is 0.383 e. The number of benzene rings is 1. The lowest BCUT2D eigenvalue weighted by molar-refractivity contribution is 0.0680. The van der Waals surface area contributed by atoms with Gasteiger partial charge >= 0.3 is 0 Å². The van der Waals surface area contributed by atoms with Gasteiger partial charge in [-0.1, -0.05) is 12.1 Å². The van der Waals surface area contributed by atoms with Crippen LogP contribution in [0.25, 0.3) is 10.6 Å². The van der Waals surface area contributed by atoms with Crippen LogP contribution in [-0.4, -0.2) is 45.8 Å². The summed E-state index contributed by atoms with van der Waals surface area (Å²) in [4.78, 5) is 19.4. The highest BCUT2D eigenvalue weighted by atomic mass is 32.1. The Labute approximate surface area is 163 Å². The van der Waals surface area contributed by atoms with Crippen molar-refractivity contribution in [2.24, 2.45) is 7.05 Å². The van der Waals surface area contributed by atoms with E-state index in [-0.39, 0.29) is 5.91 Å². The highest BCUT2D eigenvalue weighted by Gasteiger charge is 2.20. The Hall–Kier alpha value is -2.51. The molecule has 0 spiro atoms. The maximum Gasteiger partial charge on any atom is 0.254 e. The minimum Gasteiger partial charge on any atom is -0.383 e. The summed E-state index contributed by atoms with van der Waals surface area (Å²) in [5, 5.41) is 7.31. The van der Waals surface area contributed by atoms with Gasteiger partial charge in [0.05, 0.1) is 12.3 Å². The molecule has 3 aromatic rings. The average Bonchev–Trinajstić information content (AvgIpc) is 3.29. The number of amides is 1. The number of hydrogen-bond acceptors (Lipinski definition) is 5. The summed E-state index contributed by atoms with van der Waals surface area (Å²) < 4.78 is 7.08. The van der Waals surface area contributed by atoms with Gasteiger partial charge in [0.15, 0.2) is 0 Å². The first kappa shape index (κ1) is 19.3. The van der Waals surface area contributed by atoms with Crippen LogP contribution in [0.4, 0.5) is 0 Å². The number of carbonyl (C=O) groups is 1. The Bertz CT molecular complexity index is 918. The van der Waals surface area contributed by atoms with Crippen LogP contribution in [0.1, 0.15) is 27.3 Å². The van der Waals surface area contributed by atoms with E-state index < -0.39 is 0 Å². The van der Waals surface area contributed by atoms with E-state index in [1.807, 2.05) is 60.1 Å². The molecule has 0 N–H and O–H groups in total. The van der Waals surface area contributed by atoms with Crippen molar-refractivity contribution in [1.82, 2.24) is 19.7 Å². The molecule has 0 aliphatic carbocycles. The minimum absolute atomic E-state index is 0.0203. The molecule has 0 fully saturated rings. The van der Waals surface area contributed by atoms with Gasteiger partial charge in [0.2, 0.25) is 0 Å². The lowest BCUT2D eigenvalue weighted by Gasteiger charge is -2.23. The molecule has 0 atom stereocenters. The highest BCUT2D eigenvalue weighted by molar-refractivity contribution is 7.13. The van der Waals surface area contributed by atoms with Crippen LogP contribution in [0.2, 0.25) is 0 Å². The lowest BCUT2D eigenvalue weighted by atomic mass is 10.1. The third-order valence-corrected chi connectivity index (χ3v) is 5.47. The van der Waals surface area contributed by atoms with Gasteiger partial charge in [-0.15, -0.1) is 11.3 Å². The van der Waals surface area contributed by atoms with Gasteiger partial charge < -0.3 is 9.64 Å². The number of aryl methyl sites for hydroxylation is 2. The van der Waals surface area contributed by atoms with Crippen LogP contribution >= 0.6 is 11.3 Å². The van der Waals surface area contributed by atoms with Crippen molar-refractivity contribution >= 4 is 17.2 Å². The van der Waals surface area contributed by atoms with Crippen LogP contribution < -0.4 is 0 Å². The monoisotopic (exact) mass is 384 g/mol. The van der Waals surface area contributed by atoms with Crippen molar-refractivity contribution in [3.8, 4) is 10.6 Å². The van der Waals surface area contributed by atoms with Crippen molar-refractivity contribution in [2.45, 2.75) is 20.4 Å². The number of carbonyl (C=O) groups excluding carboxylic acids is 1. The maximum absolute atomic E-state index is 13.2. The predicted molar refractivity (Wildman–Crippen MR) is 107 cm³/mol. The normalized spacial score (nSPS) is 11.0. The number of rotatable bonds is 7. The molecule has 27 heavy (non-hydrogen) atoms. The molecule has 0 radical (unpaired) electrons. The average molecular weight is 385 g/mol. The summed E-state index contributed by atoms with van der Waals surface area (Å²) in [6.07, 6.45) is 1.77. The number of nitrogens with zero attached hydrogens (tertiary/aromatic N) is 4. The van der Waals surface area contributed by atoms with E-state index in [0.29, 0.717) is 25.3 Å². The van der Waals surface area contributed by atoms with E-state index in [0.717, 1.165) is 27.5 Å². The molecule has 6 nitrogen and oxygen atoms in total. The molecular formula is C20H24N4O2S. The van der Waals surface area contributed by atoms with Gasteiger partial charge in [-0.2, -0.15) is 5.10 Å². The molecule has 2 aromatic heterocycles. The quantitative estimate of drug-likeness (QED) is 0.626. The number of hydrogen-bond donors (Lipinski definition) is 0. The smallest absolute Gasteiger partial charge is 0.254 e. The first-order chi connectivity index (χ1) is 13.0. The van der Waals surface area contributed by atoms with Crippen molar-refractivity contribution in [1.29, 1.82) is 0 Å². The highest BCUT2D eigenvalue weighted by Crippen LogP contribution is 2.24. The molecular weight excluding hydrogens is 360 g/mol. The Balaban J connectivity index is 1.88. The SMILES string of the molecule is COCCN(Cc1c(C)nn(C)c1C)C(=O)c1cccc(-c2nccs2)c1. The third kappa shape index (κ3) is 4.26. The van der Waals surface area contributed by atoms with E-state index in [2.05, 4.69) is 10.1 Å². The zero-order valence-corrected chi connectivity index (χ0v) is 16.9. The molecule has 0 saturated carbocycles. The zero-order valence-electron chi connectivity index (χ0n) is 16.1. The van der Waals surface area contributed by atoms with Gasteiger partial charge in [-0.05, 0) is 26.0 Å². The summed E-state index contributed by atoms with van der Waals surface area (Å²) in [5.74, 6) is -0.0203. The fraction of sp³-hybridized carbons (Fsp3) is 0.350. The Morgan fingerprint density at radius 3 is 2.78 bits per heavy atom. The van der Waals surface area contributed by atoms with E-state index in [1.165, 1.54) is 0 Å². The van der Waals surface area contributed by atoms with Gasteiger partial charge in [0, 0.05) is 61.2 Å². The van der Waals surface area contributed by atoms with Crippen LogP contribution in [0.3, 0.4) is 0 Å². The second kappa shape index (κ2) is 8.45. The topological polar surface area (TPSA) is 60.2 Å². The predicted octanol–water partition coefficient (Wildman–Crippen LogP) is 3.45. The number of methoxy groups -OCH3 is 1. The number of ether oxygens (including phenoxy) is 1. The van der Waals surface area contributed by atoms with Gasteiger partial charge in [0.25, 0.3) is 5.91 Å². The minimum atomic E-state index is -0.0203. The van der Waals surface area contributed by atoms with Crippen LogP contribution in [-0.2, 0) is 18.3 Å². The Morgan fingerprint density at radius 2 is 2.15 bits per heavy atom. The van der Waals surface area contributed by atoms with Crippen molar-refractivity contribution in [2.75, 3.05) is 20.3 Å². The second-order valence-corrected chi connectivity index (χ2v) is 7.31. The fourth-order valence-electron chi connectivity index (χ4n) is 3.02. The molecule has 0 aliphatic heterocycles. The molecule has 2 heterocycles. The summed E-state index contributed by atoms with van der Waals surface area (Å²) in [5.41, 5.74) is 4.70. The molecule has 142 valence electrons. The number of thiazole rings is 1. The second-order valence-electron chi connectivity index (χ2n) is 6.41. The van der Waals surface area contributed by atoms with Crippen molar-refractivity contribution in [3.63, 3.8) is 0 Å². The van der Waals surface area contributed by atoms with Gasteiger partial charge in [-0.25, -0.2) is 4.98 Å². The van der Waals surface area contributed by atoms with E-state index in [4.69, 9.17) is 4.74 Å². The molecule has 1 amide bonds. The standard InChI is InChI=1S/C20H24N4O2S/c1-14-18(15(2)23(3)22-14)13-24(9-10-26-4)20(25)17-7-5-6-16(12-17)19-21-8-11-27-19/h5-8,11-12H,9-10,13H2,1-4H3. The zero-order chi connectivity index (χ0) is 19.4. The fourth-order valence-corrected chi connectivity index (χ4v) is 3.66. The van der Waals surface area contributed by atoms with E-state index in [9.17, 15) is 4.79 Å². The lowest BCUT2D eigenvalue weighted by Crippen LogP contribution is -2.33. The molecule has 0 bridgehead atoms. The van der Waals surface area contributed by atoms with Crippen LogP contribution in [0, 0.1) is 13.8 Å². The Morgan fingerprint density at radius 1 is 1.33 bits per heavy atom. The third-order valence-electron chi connectivity index (χ3n) is 4.65. The summed E-state index contributed by atoms with van der Waals surface area (Å²) in [6.45, 7) is 5.51. The first-order valence-corrected chi connectivity index (χ1v) is 9.66. The van der Waals surface area contributed by atoms with Crippen molar-refractivity contribution in [3.05, 3.63) is 58.4 Å². The maximum atomic E-state index is 13.2.